The topological polar surface area (TPSA) is 38.7 Å². The van der Waals surface area contributed by atoms with Crippen LogP contribution in [-0.4, -0.2) is 12.2 Å². The fourth-order valence-electron chi connectivity index (χ4n) is 2.05. The standard InChI is InChI=1S/C16H17FO3/c1-10-9-12(17)7-8-13(10)20-15-6-4-5-14(19-3)16(15)11(2)18/h4-9,11,18H,1-3H3/t11-/m1/s1. The van der Waals surface area contributed by atoms with Crippen LogP contribution in [-0.2, 0) is 0 Å². The Morgan fingerprint density at radius 3 is 2.40 bits per heavy atom. The highest BCUT2D eigenvalue weighted by molar-refractivity contribution is 5.48. The number of benzene rings is 2. The van der Waals surface area contributed by atoms with E-state index in [-0.39, 0.29) is 5.82 Å². The van der Waals surface area contributed by atoms with Gasteiger partial charge in [0, 0.05) is 0 Å². The highest BCUT2D eigenvalue weighted by Gasteiger charge is 2.16. The molecule has 0 heterocycles. The first-order valence-corrected chi connectivity index (χ1v) is 6.32. The molecule has 0 aliphatic carbocycles. The Balaban J connectivity index is 2.43. The van der Waals surface area contributed by atoms with Crippen LogP contribution in [0.25, 0.3) is 0 Å². The van der Waals surface area contributed by atoms with Gasteiger partial charge in [-0.3, -0.25) is 0 Å². The van der Waals surface area contributed by atoms with Gasteiger partial charge in [-0.2, -0.15) is 0 Å². The Hall–Kier alpha value is -2.07. The summed E-state index contributed by atoms with van der Waals surface area (Å²) in [6, 6.07) is 9.58. The Bertz CT molecular complexity index is 609. The molecule has 3 nitrogen and oxygen atoms in total. The van der Waals surface area contributed by atoms with Gasteiger partial charge < -0.3 is 14.6 Å². The van der Waals surface area contributed by atoms with E-state index in [0.717, 1.165) is 0 Å². The van der Waals surface area contributed by atoms with E-state index in [1.165, 1.54) is 19.2 Å². The molecule has 0 spiro atoms. The average Bonchev–Trinajstić information content (AvgIpc) is 2.41. The van der Waals surface area contributed by atoms with Gasteiger partial charge in [0.15, 0.2) is 0 Å². The van der Waals surface area contributed by atoms with Crippen molar-refractivity contribution in [3.63, 3.8) is 0 Å². The van der Waals surface area contributed by atoms with E-state index in [1.54, 1.807) is 38.1 Å². The van der Waals surface area contributed by atoms with E-state index in [4.69, 9.17) is 9.47 Å². The first-order valence-electron chi connectivity index (χ1n) is 6.32. The first-order chi connectivity index (χ1) is 9.52. The molecule has 0 saturated heterocycles. The van der Waals surface area contributed by atoms with Crippen LogP contribution in [0.5, 0.6) is 17.2 Å². The van der Waals surface area contributed by atoms with Gasteiger partial charge in [-0.25, -0.2) is 4.39 Å². The van der Waals surface area contributed by atoms with Crippen LogP contribution in [0.3, 0.4) is 0 Å². The Morgan fingerprint density at radius 2 is 1.80 bits per heavy atom. The first kappa shape index (κ1) is 14.3. The number of aliphatic hydroxyl groups is 1. The summed E-state index contributed by atoms with van der Waals surface area (Å²) in [4.78, 5) is 0. The van der Waals surface area contributed by atoms with E-state index in [1.807, 2.05) is 0 Å². The van der Waals surface area contributed by atoms with Crippen molar-refractivity contribution in [3.05, 3.63) is 53.3 Å². The zero-order valence-electron chi connectivity index (χ0n) is 11.7. The summed E-state index contributed by atoms with van der Waals surface area (Å²) in [5.41, 5.74) is 1.25. The zero-order chi connectivity index (χ0) is 14.7. The summed E-state index contributed by atoms with van der Waals surface area (Å²) >= 11 is 0. The maximum atomic E-state index is 13.1. The molecule has 2 aromatic rings. The molecule has 2 aromatic carbocycles. The van der Waals surface area contributed by atoms with E-state index in [2.05, 4.69) is 0 Å². The van der Waals surface area contributed by atoms with Gasteiger partial charge in [0.25, 0.3) is 0 Å². The number of halogens is 1. The second-order valence-corrected chi connectivity index (χ2v) is 4.56. The van der Waals surface area contributed by atoms with Crippen molar-refractivity contribution in [2.24, 2.45) is 0 Å². The summed E-state index contributed by atoms with van der Waals surface area (Å²) < 4.78 is 24.1. The molecule has 4 heteroatoms. The third-order valence-corrected chi connectivity index (χ3v) is 3.02. The third-order valence-electron chi connectivity index (χ3n) is 3.02. The van der Waals surface area contributed by atoms with Crippen LogP contribution in [0, 0.1) is 12.7 Å². The smallest absolute Gasteiger partial charge is 0.136 e. The van der Waals surface area contributed by atoms with Crippen molar-refractivity contribution in [2.45, 2.75) is 20.0 Å². The minimum absolute atomic E-state index is 0.309. The number of hydrogen-bond donors (Lipinski definition) is 1. The van der Waals surface area contributed by atoms with Gasteiger partial charge in [0.05, 0.1) is 18.8 Å². The highest BCUT2D eigenvalue weighted by atomic mass is 19.1. The van der Waals surface area contributed by atoms with Crippen LogP contribution in [0.1, 0.15) is 24.2 Å². The highest BCUT2D eigenvalue weighted by Crippen LogP contribution is 2.37. The van der Waals surface area contributed by atoms with Crippen molar-refractivity contribution >= 4 is 0 Å². The van der Waals surface area contributed by atoms with Crippen LogP contribution in [0.15, 0.2) is 36.4 Å². The van der Waals surface area contributed by atoms with Crippen molar-refractivity contribution in [1.82, 2.24) is 0 Å². The SMILES string of the molecule is COc1cccc(Oc2ccc(F)cc2C)c1[C@@H](C)O. The molecule has 0 unspecified atom stereocenters. The fraction of sp³-hybridized carbons (Fsp3) is 0.250. The Labute approximate surface area is 117 Å². The molecule has 0 amide bonds. The molecular weight excluding hydrogens is 259 g/mol. The average molecular weight is 276 g/mol. The van der Waals surface area contributed by atoms with Crippen LogP contribution < -0.4 is 9.47 Å². The van der Waals surface area contributed by atoms with Crippen molar-refractivity contribution in [2.75, 3.05) is 7.11 Å². The van der Waals surface area contributed by atoms with Crippen LogP contribution in [0.2, 0.25) is 0 Å². The molecule has 0 fully saturated rings. The lowest BCUT2D eigenvalue weighted by Gasteiger charge is -2.17. The number of aryl methyl sites for hydroxylation is 1. The van der Waals surface area contributed by atoms with Gasteiger partial charge in [-0.05, 0) is 49.7 Å². The molecule has 0 aliphatic rings. The number of methoxy groups -OCH3 is 1. The number of hydrogen-bond acceptors (Lipinski definition) is 3. The molecule has 0 saturated carbocycles. The molecule has 0 bridgehead atoms. The molecule has 106 valence electrons. The van der Waals surface area contributed by atoms with E-state index in [9.17, 15) is 9.50 Å². The zero-order valence-corrected chi connectivity index (χ0v) is 11.7. The number of ether oxygens (including phenoxy) is 2. The summed E-state index contributed by atoms with van der Waals surface area (Å²) in [6.45, 7) is 3.41. The minimum Gasteiger partial charge on any atom is -0.496 e. The monoisotopic (exact) mass is 276 g/mol. The predicted molar refractivity (Wildman–Crippen MR) is 74.8 cm³/mol. The molecule has 0 aliphatic heterocycles. The lowest BCUT2D eigenvalue weighted by atomic mass is 10.1. The Morgan fingerprint density at radius 1 is 1.10 bits per heavy atom. The third kappa shape index (κ3) is 2.91. The molecule has 2 rings (SSSR count). The van der Waals surface area contributed by atoms with E-state index in [0.29, 0.717) is 28.4 Å². The predicted octanol–water partition coefficient (Wildman–Crippen LogP) is 3.99. The lowest BCUT2D eigenvalue weighted by molar-refractivity contribution is 0.190. The largest absolute Gasteiger partial charge is 0.496 e. The molecular formula is C16H17FO3. The van der Waals surface area contributed by atoms with Crippen molar-refractivity contribution in [3.8, 4) is 17.2 Å². The molecule has 1 atom stereocenters. The van der Waals surface area contributed by atoms with Gasteiger partial charge in [0.2, 0.25) is 0 Å². The second kappa shape index (κ2) is 5.92. The quantitative estimate of drug-likeness (QED) is 0.917. The van der Waals surface area contributed by atoms with Gasteiger partial charge in [-0.15, -0.1) is 0 Å². The number of rotatable bonds is 4. The summed E-state index contributed by atoms with van der Waals surface area (Å²) in [6.07, 6.45) is -0.734. The van der Waals surface area contributed by atoms with Crippen LogP contribution in [0.4, 0.5) is 4.39 Å². The lowest BCUT2D eigenvalue weighted by Crippen LogP contribution is -2.00. The maximum absolute atomic E-state index is 13.1. The van der Waals surface area contributed by atoms with Gasteiger partial charge in [-0.1, -0.05) is 6.07 Å². The minimum atomic E-state index is -0.734. The van der Waals surface area contributed by atoms with Crippen molar-refractivity contribution in [1.29, 1.82) is 0 Å². The summed E-state index contributed by atoms with van der Waals surface area (Å²) in [7, 11) is 1.54. The Kier molecular flexibility index (Phi) is 4.25. The van der Waals surface area contributed by atoms with Gasteiger partial charge >= 0.3 is 0 Å². The fourth-order valence-corrected chi connectivity index (χ4v) is 2.05. The van der Waals surface area contributed by atoms with E-state index < -0.39 is 6.10 Å². The van der Waals surface area contributed by atoms with Crippen molar-refractivity contribution < 1.29 is 19.0 Å². The summed E-state index contributed by atoms with van der Waals surface area (Å²) in [5.74, 6) is 1.28. The van der Waals surface area contributed by atoms with E-state index >= 15 is 0 Å². The van der Waals surface area contributed by atoms with Crippen LogP contribution >= 0.6 is 0 Å². The second-order valence-electron chi connectivity index (χ2n) is 4.56. The maximum Gasteiger partial charge on any atom is 0.136 e. The molecule has 1 N–H and O–H groups in total. The molecule has 20 heavy (non-hydrogen) atoms. The summed E-state index contributed by atoms with van der Waals surface area (Å²) in [5, 5.41) is 9.89. The molecule has 0 radical (unpaired) electrons. The molecule has 0 aromatic heterocycles. The number of aliphatic hydroxyl groups excluding tert-OH is 1. The van der Waals surface area contributed by atoms with Gasteiger partial charge in [0.1, 0.15) is 23.1 Å². The normalized spacial score (nSPS) is 12.1.